The Hall–Kier alpha value is -1.72. The molecule has 0 aliphatic carbocycles. The first-order chi connectivity index (χ1) is 9.74. The Labute approximate surface area is 119 Å². The van der Waals surface area contributed by atoms with Crippen molar-refractivity contribution in [3.63, 3.8) is 0 Å². The van der Waals surface area contributed by atoms with E-state index in [2.05, 4.69) is 39.9 Å². The summed E-state index contributed by atoms with van der Waals surface area (Å²) in [4.78, 5) is 13.3. The summed E-state index contributed by atoms with van der Waals surface area (Å²) in [6.07, 6.45) is 1.88. The molecule has 0 radical (unpaired) electrons. The van der Waals surface area contributed by atoms with Crippen molar-refractivity contribution in [1.29, 1.82) is 0 Å². The molecule has 2 heterocycles. The summed E-state index contributed by atoms with van der Waals surface area (Å²) in [7, 11) is 4.14. The van der Waals surface area contributed by atoms with E-state index in [4.69, 9.17) is 4.74 Å². The van der Waals surface area contributed by atoms with E-state index >= 15 is 0 Å². The van der Waals surface area contributed by atoms with Gasteiger partial charge in [-0.05, 0) is 26.2 Å². The van der Waals surface area contributed by atoms with Crippen LogP contribution in [0.4, 0.5) is 5.82 Å². The number of rotatable bonds is 3. The number of fused-ring (bicyclic) bond motifs is 1. The second-order valence-corrected chi connectivity index (χ2v) is 5.42. The molecule has 0 amide bonds. The molecule has 3 rings (SSSR count). The quantitative estimate of drug-likeness (QED) is 0.845. The lowest BCUT2D eigenvalue weighted by Gasteiger charge is -2.35. The van der Waals surface area contributed by atoms with Crippen molar-refractivity contribution >= 4 is 16.7 Å². The van der Waals surface area contributed by atoms with Crippen LogP contribution in [0.25, 0.3) is 10.9 Å². The zero-order valence-electron chi connectivity index (χ0n) is 12.0. The van der Waals surface area contributed by atoms with Crippen LogP contribution in [0.5, 0.6) is 0 Å². The van der Waals surface area contributed by atoms with Crippen LogP contribution in [-0.2, 0) is 4.74 Å². The number of likely N-dealkylation sites (N-methyl/N-ethyl adjacent to an activating group) is 1. The lowest BCUT2D eigenvalue weighted by molar-refractivity contribution is 0.0246. The summed E-state index contributed by atoms with van der Waals surface area (Å²) < 4.78 is 5.83. The van der Waals surface area contributed by atoms with Crippen molar-refractivity contribution in [2.24, 2.45) is 0 Å². The average molecular weight is 272 g/mol. The van der Waals surface area contributed by atoms with Gasteiger partial charge in [0.25, 0.3) is 0 Å². The number of benzene rings is 1. The minimum Gasteiger partial charge on any atom is -0.373 e. The van der Waals surface area contributed by atoms with Gasteiger partial charge in [-0.1, -0.05) is 12.1 Å². The molecule has 1 atom stereocenters. The summed E-state index contributed by atoms with van der Waals surface area (Å²) in [5.41, 5.74) is 0.994. The molecular weight excluding hydrogens is 252 g/mol. The van der Waals surface area contributed by atoms with Gasteiger partial charge in [-0.15, -0.1) is 0 Å². The number of anilines is 1. The molecule has 0 spiro atoms. The molecule has 1 aliphatic heterocycles. The molecule has 5 heteroatoms. The van der Waals surface area contributed by atoms with Crippen LogP contribution in [0.15, 0.2) is 30.6 Å². The SMILES string of the molecule is CN(C)C[C@@H]1CN(c2ncnc3ccccc23)CCO1. The number of nitrogens with zero attached hydrogens (tertiary/aromatic N) is 4. The second-order valence-electron chi connectivity index (χ2n) is 5.42. The average Bonchev–Trinajstić information content (AvgIpc) is 2.46. The van der Waals surface area contributed by atoms with Crippen molar-refractivity contribution in [2.45, 2.75) is 6.10 Å². The zero-order chi connectivity index (χ0) is 13.9. The first-order valence-electron chi connectivity index (χ1n) is 6.95. The molecule has 106 valence electrons. The van der Waals surface area contributed by atoms with E-state index in [0.717, 1.165) is 43.0 Å². The maximum atomic E-state index is 5.83. The van der Waals surface area contributed by atoms with Gasteiger partial charge in [-0.2, -0.15) is 0 Å². The lowest BCUT2D eigenvalue weighted by atomic mass is 10.2. The van der Waals surface area contributed by atoms with Crippen LogP contribution in [0.1, 0.15) is 0 Å². The number of ether oxygens (including phenoxy) is 1. The van der Waals surface area contributed by atoms with E-state index in [0.29, 0.717) is 0 Å². The number of morpholine rings is 1. The molecule has 1 aliphatic rings. The molecule has 1 fully saturated rings. The number of aromatic nitrogens is 2. The Balaban J connectivity index is 1.87. The van der Waals surface area contributed by atoms with Gasteiger partial charge < -0.3 is 14.5 Å². The minimum atomic E-state index is 0.229. The molecule has 0 saturated carbocycles. The topological polar surface area (TPSA) is 41.5 Å². The Morgan fingerprint density at radius 1 is 1.30 bits per heavy atom. The molecule has 20 heavy (non-hydrogen) atoms. The van der Waals surface area contributed by atoms with Crippen LogP contribution in [0.3, 0.4) is 0 Å². The van der Waals surface area contributed by atoms with E-state index < -0.39 is 0 Å². The predicted octanol–water partition coefficient (Wildman–Crippen LogP) is 1.40. The van der Waals surface area contributed by atoms with Crippen LogP contribution < -0.4 is 4.90 Å². The number of hydrogen-bond acceptors (Lipinski definition) is 5. The Kier molecular flexibility index (Phi) is 3.80. The maximum Gasteiger partial charge on any atom is 0.140 e. The molecule has 5 nitrogen and oxygen atoms in total. The fourth-order valence-corrected chi connectivity index (χ4v) is 2.67. The molecule has 1 aromatic carbocycles. The molecule has 0 unspecified atom stereocenters. The Bertz CT molecular complexity index is 582. The van der Waals surface area contributed by atoms with Crippen molar-refractivity contribution in [3.8, 4) is 0 Å². The third-order valence-corrected chi connectivity index (χ3v) is 3.53. The van der Waals surface area contributed by atoms with E-state index in [1.54, 1.807) is 6.33 Å². The van der Waals surface area contributed by atoms with Crippen molar-refractivity contribution in [2.75, 3.05) is 45.2 Å². The van der Waals surface area contributed by atoms with Crippen molar-refractivity contribution in [3.05, 3.63) is 30.6 Å². The number of hydrogen-bond donors (Lipinski definition) is 0. The van der Waals surface area contributed by atoms with Gasteiger partial charge in [0.2, 0.25) is 0 Å². The largest absolute Gasteiger partial charge is 0.373 e. The van der Waals surface area contributed by atoms with E-state index in [9.17, 15) is 0 Å². The fourth-order valence-electron chi connectivity index (χ4n) is 2.67. The van der Waals surface area contributed by atoms with Gasteiger partial charge in [-0.3, -0.25) is 0 Å². The second kappa shape index (κ2) is 5.73. The fraction of sp³-hybridized carbons (Fsp3) is 0.467. The molecule has 0 N–H and O–H groups in total. The molecule has 0 bridgehead atoms. The highest BCUT2D eigenvalue weighted by molar-refractivity contribution is 5.89. The first kappa shape index (κ1) is 13.3. The Morgan fingerprint density at radius 2 is 2.15 bits per heavy atom. The van der Waals surface area contributed by atoms with E-state index in [-0.39, 0.29) is 6.10 Å². The van der Waals surface area contributed by atoms with Gasteiger partial charge in [0.05, 0.1) is 18.2 Å². The minimum absolute atomic E-state index is 0.229. The lowest BCUT2D eigenvalue weighted by Crippen LogP contribution is -2.46. The molecular formula is C15H20N4O. The van der Waals surface area contributed by atoms with Gasteiger partial charge in [0.1, 0.15) is 12.1 Å². The standard InChI is InChI=1S/C15H20N4O/c1-18(2)9-12-10-19(7-8-20-12)15-13-5-3-4-6-14(13)16-11-17-15/h3-6,11-12H,7-10H2,1-2H3/t12-/m1/s1. The zero-order valence-corrected chi connectivity index (χ0v) is 12.0. The van der Waals surface area contributed by atoms with Gasteiger partial charge >= 0.3 is 0 Å². The van der Waals surface area contributed by atoms with E-state index in [1.807, 2.05) is 18.2 Å². The van der Waals surface area contributed by atoms with Crippen LogP contribution in [0, 0.1) is 0 Å². The van der Waals surface area contributed by atoms with Gasteiger partial charge in [0.15, 0.2) is 0 Å². The maximum absolute atomic E-state index is 5.83. The first-order valence-corrected chi connectivity index (χ1v) is 6.95. The predicted molar refractivity (Wildman–Crippen MR) is 80.0 cm³/mol. The molecule has 1 saturated heterocycles. The van der Waals surface area contributed by atoms with Crippen molar-refractivity contribution < 1.29 is 4.74 Å². The highest BCUT2D eigenvalue weighted by Crippen LogP contribution is 2.24. The smallest absolute Gasteiger partial charge is 0.140 e. The monoisotopic (exact) mass is 272 g/mol. The summed E-state index contributed by atoms with van der Waals surface area (Å²) >= 11 is 0. The molecule has 2 aromatic rings. The third-order valence-electron chi connectivity index (χ3n) is 3.53. The van der Waals surface area contributed by atoms with Gasteiger partial charge in [-0.25, -0.2) is 9.97 Å². The van der Waals surface area contributed by atoms with Crippen LogP contribution in [0.2, 0.25) is 0 Å². The number of para-hydroxylation sites is 1. The summed E-state index contributed by atoms with van der Waals surface area (Å²) in [5.74, 6) is 1.02. The summed E-state index contributed by atoms with van der Waals surface area (Å²) in [5, 5.41) is 1.11. The summed E-state index contributed by atoms with van der Waals surface area (Å²) in [6, 6.07) is 8.15. The summed E-state index contributed by atoms with van der Waals surface area (Å²) in [6.45, 7) is 3.43. The van der Waals surface area contributed by atoms with E-state index in [1.165, 1.54) is 0 Å². The van der Waals surface area contributed by atoms with Crippen LogP contribution in [-0.4, -0.2) is 61.3 Å². The van der Waals surface area contributed by atoms with Crippen molar-refractivity contribution in [1.82, 2.24) is 14.9 Å². The highest BCUT2D eigenvalue weighted by Gasteiger charge is 2.23. The van der Waals surface area contributed by atoms with Crippen LogP contribution >= 0.6 is 0 Å². The Morgan fingerprint density at radius 3 is 3.00 bits per heavy atom. The molecule has 1 aromatic heterocycles. The third kappa shape index (κ3) is 2.73. The highest BCUT2D eigenvalue weighted by atomic mass is 16.5. The normalized spacial score (nSPS) is 19.8. The van der Waals surface area contributed by atoms with Gasteiger partial charge in [0, 0.05) is 25.0 Å².